The fourth-order valence-corrected chi connectivity index (χ4v) is 3.61. The number of anilines is 1. The molecule has 150 valence electrons. The van der Waals surface area contributed by atoms with Gasteiger partial charge in [-0.15, -0.1) is 0 Å². The summed E-state index contributed by atoms with van der Waals surface area (Å²) >= 11 is 0. The van der Waals surface area contributed by atoms with Crippen molar-refractivity contribution in [1.29, 1.82) is 0 Å². The van der Waals surface area contributed by atoms with Crippen LogP contribution < -0.4 is 5.73 Å². The van der Waals surface area contributed by atoms with E-state index in [1.165, 1.54) is 17.2 Å². The first-order valence-electron chi connectivity index (χ1n) is 8.63. The molecule has 1 aliphatic rings. The second kappa shape index (κ2) is 6.43. The topological polar surface area (TPSA) is 108 Å². The van der Waals surface area contributed by atoms with Crippen molar-refractivity contribution in [3.05, 3.63) is 12.7 Å². The summed E-state index contributed by atoms with van der Waals surface area (Å²) in [5.74, 6) is -2.66. The Morgan fingerprint density at radius 3 is 2.67 bits per heavy atom. The number of alkyl halides is 2. The Morgan fingerprint density at radius 1 is 1.37 bits per heavy atom. The zero-order valence-corrected chi connectivity index (χ0v) is 17.0. The second-order valence-electron chi connectivity index (χ2n) is 8.32. The number of nitrogens with two attached hydrogens (primary N) is 1. The summed E-state index contributed by atoms with van der Waals surface area (Å²) in [5, 5.41) is 10.1. The predicted molar refractivity (Wildman–Crippen MR) is 97.7 cm³/mol. The molecule has 0 bridgehead atoms. The van der Waals surface area contributed by atoms with Gasteiger partial charge in [-0.1, -0.05) is 20.8 Å². The molecule has 3 heterocycles. The van der Waals surface area contributed by atoms with E-state index in [1.54, 1.807) is 0 Å². The summed E-state index contributed by atoms with van der Waals surface area (Å²) < 4.78 is 42.2. The normalized spacial score (nSPS) is 29.6. The molecule has 4 atom stereocenters. The zero-order chi connectivity index (χ0) is 20.2. The number of imidazole rings is 1. The largest absolute Gasteiger partial charge is 0.411 e. The number of ether oxygens (including phenoxy) is 1. The van der Waals surface area contributed by atoms with Gasteiger partial charge in [0, 0.05) is 0 Å². The number of hydrogen-bond acceptors (Lipinski definition) is 7. The Balaban J connectivity index is 1.86. The molecule has 8 nitrogen and oxygen atoms in total. The fraction of sp³-hybridized carbons (Fsp3) is 0.688. The van der Waals surface area contributed by atoms with Crippen LogP contribution in [0.3, 0.4) is 0 Å². The average Bonchev–Trinajstić information content (AvgIpc) is 3.09. The van der Waals surface area contributed by atoms with Gasteiger partial charge in [0.15, 0.2) is 32.2 Å². The zero-order valence-electron chi connectivity index (χ0n) is 16.0. The molecule has 11 heteroatoms. The summed E-state index contributed by atoms with van der Waals surface area (Å²) in [6.45, 7) is 9.22. The first-order valence-corrected chi connectivity index (χ1v) is 11.5. The van der Waals surface area contributed by atoms with E-state index in [4.69, 9.17) is 14.9 Å². The summed E-state index contributed by atoms with van der Waals surface area (Å²) in [6, 6.07) is 0. The van der Waals surface area contributed by atoms with Crippen LogP contribution in [0.5, 0.6) is 0 Å². The lowest BCUT2D eigenvalue weighted by molar-refractivity contribution is -0.192. The number of fused-ring (bicyclic) bond motifs is 1. The Hall–Kier alpha value is -1.69. The minimum Gasteiger partial charge on any atom is -0.411 e. The molecule has 3 N–H and O–H groups in total. The molecule has 3 rings (SSSR count). The summed E-state index contributed by atoms with van der Waals surface area (Å²) in [5.41, 5.74) is 6.20. The molecule has 2 aromatic rings. The van der Waals surface area contributed by atoms with E-state index in [0.29, 0.717) is 0 Å². The number of rotatable bonds is 4. The van der Waals surface area contributed by atoms with Gasteiger partial charge >= 0.3 is 0 Å². The van der Waals surface area contributed by atoms with Crippen molar-refractivity contribution in [2.45, 2.75) is 63.3 Å². The highest BCUT2D eigenvalue weighted by molar-refractivity contribution is 6.74. The monoisotopic (exact) mass is 401 g/mol. The molecule has 0 saturated carbocycles. The molecule has 0 amide bonds. The van der Waals surface area contributed by atoms with Crippen LogP contribution in [0.2, 0.25) is 18.1 Å². The van der Waals surface area contributed by atoms with E-state index >= 15 is 4.39 Å². The molecule has 0 spiro atoms. The molecule has 0 aliphatic carbocycles. The van der Waals surface area contributed by atoms with Gasteiger partial charge in [0.2, 0.25) is 0 Å². The highest BCUT2D eigenvalue weighted by Gasteiger charge is 2.58. The second-order valence-corrected chi connectivity index (χ2v) is 13.1. The van der Waals surface area contributed by atoms with E-state index < -0.39 is 39.3 Å². The number of nitrogens with zero attached hydrogens (tertiary/aromatic N) is 4. The number of halogens is 2. The minimum absolute atomic E-state index is 0.121. The minimum atomic E-state index is -2.78. The molecule has 0 aromatic carbocycles. The number of aromatic nitrogens is 4. The molecule has 2 aromatic heterocycles. The van der Waals surface area contributed by atoms with Crippen molar-refractivity contribution in [2.75, 3.05) is 12.3 Å². The average molecular weight is 401 g/mol. The SMILES string of the molecule is CC(C)(C)[Si](C)(C)OC[C@@]1(F)O[C@@H](n2cnc3c(N)ncnc32)[C@H](O)[C@@H]1F. The third-order valence-corrected chi connectivity index (χ3v) is 9.90. The third kappa shape index (κ3) is 3.33. The number of aliphatic hydroxyl groups excluding tert-OH is 1. The fourth-order valence-electron chi connectivity index (χ4n) is 2.62. The molecule has 1 fully saturated rings. The lowest BCUT2D eigenvalue weighted by atomic mass is 10.1. The molecule has 27 heavy (non-hydrogen) atoms. The van der Waals surface area contributed by atoms with E-state index in [9.17, 15) is 9.50 Å². The van der Waals surface area contributed by atoms with Crippen LogP contribution >= 0.6 is 0 Å². The van der Waals surface area contributed by atoms with E-state index in [0.717, 1.165) is 0 Å². The van der Waals surface area contributed by atoms with Crippen LogP contribution in [0.25, 0.3) is 11.2 Å². The third-order valence-electron chi connectivity index (χ3n) is 5.42. The maximum atomic E-state index is 15.2. The van der Waals surface area contributed by atoms with Gasteiger partial charge < -0.3 is 20.0 Å². The van der Waals surface area contributed by atoms with Crippen molar-refractivity contribution in [2.24, 2.45) is 0 Å². The lowest BCUT2D eigenvalue weighted by Crippen LogP contribution is -2.48. The summed E-state index contributed by atoms with van der Waals surface area (Å²) in [7, 11) is -2.34. The smallest absolute Gasteiger partial charge is 0.267 e. The predicted octanol–water partition coefficient (Wildman–Crippen LogP) is 2.32. The Morgan fingerprint density at radius 2 is 2.04 bits per heavy atom. The molecular weight excluding hydrogens is 376 g/mol. The van der Waals surface area contributed by atoms with Crippen molar-refractivity contribution < 1.29 is 23.1 Å². The molecule has 1 aliphatic heterocycles. The van der Waals surface area contributed by atoms with Crippen LogP contribution in [0.4, 0.5) is 14.6 Å². The first-order chi connectivity index (χ1) is 12.4. The van der Waals surface area contributed by atoms with Gasteiger partial charge in [0.05, 0.1) is 12.9 Å². The molecular formula is C16H25F2N5O3Si. The Labute approximate surface area is 156 Å². The van der Waals surface area contributed by atoms with E-state index in [-0.39, 0.29) is 22.0 Å². The quantitative estimate of drug-likeness (QED) is 0.757. The van der Waals surface area contributed by atoms with Crippen LogP contribution in [-0.2, 0) is 9.16 Å². The van der Waals surface area contributed by atoms with Crippen molar-refractivity contribution in [3.8, 4) is 0 Å². The number of hydrogen-bond donors (Lipinski definition) is 2. The van der Waals surface area contributed by atoms with Gasteiger partial charge in [-0.3, -0.25) is 4.57 Å². The Bertz CT molecular complexity index is 843. The van der Waals surface area contributed by atoms with E-state index in [1.807, 2.05) is 33.9 Å². The number of aliphatic hydroxyl groups is 1. The van der Waals surface area contributed by atoms with E-state index in [2.05, 4.69) is 15.0 Å². The van der Waals surface area contributed by atoms with Gasteiger partial charge in [0.25, 0.3) is 5.85 Å². The highest BCUT2D eigenvalue weighted by Crippen LogP contribution is 2.43. The molecule has 1 saturated heterocycles. The van der Waals surface area contributed by atoms with Crippen LogP contribution in [0, 0.1) is 0 Å². The summed E-state index contributed by atoms with van der Waals surface area (Å²) in [4.78, 5) is 11.9. The van der Waals surface area contributed by atoms with Gasteiger partial charge in [-0.25, -0.2) is 23.7 Å². The molecule has 0 radical (unpaired) electrons. The standard InChI is InChI=1S/C16H25F2N5O3Si/c1-15(2,3)27(4,5)25-6-16(18)11(17)10(24)14(26-16)23-8-22-9-12(19)20-7-21-13(9)23/h7-8,10-11,14,24H,6H2,1-5H3,(H2,19,20,21)/t10-,11+,14-,16-/m1/s1. The van der Waals surface area contributed by atoms with Gasteiger partial charge in [-0.2, -0.15) is 0 Å². The summed E-state index contributed by atoms with van der Waals surface area (Å²) in [6.07, 6.45) is -2.94. The first kappa shape index (κ1) is 20.1. The van der Waals surface area contributed by atoms with Crippen molar-refractivity contribution >= 4 is 25.3 Å². The van der Waals surface area contributed by atoms with Gasteiger partial charge in [-0.05, 0) is 18.1 Å². The lowest BCUT2D eigenvalue weighted by Gasteiger charge is -2.38. The van der Waals surface area contributed by atoms with Crippen molar-refractivity contribution in [3.63, 3.8) is 0 Å². The van der Waals surface area contributed by atoms with Gasteiger partial charge in [0.1, 0.15) is 17.9 Å². The maximum Gasteiger partial charge on any atom is 0.267 e. The Kier molecular flexibility index (Phi) is 4.78. The highest BCUT2D eigenvalue weighted by atomic mass is 28.4. The van der Waals surface area contributed by atoms with Crippen LogP contribution in [-0.4, -0.2) is 57.7 Å². The number of nitrogen functional groups attached to an aromatic ring is 1. The van der Waals surface area contributed by atoms with Crippen LogP contribution in [0.1, 0.15) is 27.0 Å². The maximum absolute atomic E-state index is 15.2. The molecule has 0 unspecified atom stereocenters. The van der Waals surface area contributed by atoms with Crippen molar-refractivity contribution in [1.82, 2.24) is 19.5 Å². The van der Waals surface area contributed by atoms with Crippen LogP contribution in [0.15, 0.2) is 12.7 Å².